The number of rotatable bonds is 0. The number of aliphatic hydroxyl groups excluding tert-OH is 1. The van der Waals surface area contributed by atoms with Crippen LogP contribution in [0.2, 0.25) is 0 Å². The van der Waals surface area contributed by atoms with E-state index in [4.69, 9.17) is 10.1 Å². The van der Waals surface area contributed by atoms with E-state index in [1.54, 1.807) is 25.2 Å². The van der Waals surface area contributed by atoms with Crippen molar-refractivity contribution in [1.82, 2.24) is 9.80 Å². The number of nitrogens with one attached hydrogen (secondary N) is 1. The fraction of sp³-hybridized carbons (Fsp3) is 0.450. The molecule has 2 aliphatic heterocycles. The number of anilines is 2. The highest BCUT2D eigenvalue weighted by Crippen LogP contribution is 2.39. The summed E-state index contributed by atoms with van der Waals surface area (Å²) in [6, 6.07) is 10.6. The maximum atomic E-state index is 8.06. The third kappa shape index (κ3) is 4.44. The Kier molecular flexibility index (Phi) is 5.96. The van der Waals surface area contributed by atoms with Crippen LogP contribution in [0, 0.1) is 6.92 Å². The predicted octanol–water partition coefficient (Wildman–Crippen LogP) is 3.83. The second kappa shape index (κ2) is 8.20. The van der Waals surface area contributed by atoms with Crippen LogP contribution in [-0.2, 0) is 0 Å². The Morgan fingerprint density at radius 3 is 2.50 bits per heavy atom. The Balaban J connectivity index is 0.000000447. The highest BCUT2D eigenvalue weighted by molar-refractivity contribution is 7.16. The van der Waals surface area contributed by atoms with E-state index in [-0.39, 0.29) is 6.10 Å². The first-order valence-corrected chi connectivity index (χ1v) is 9.93. The molecule has 0 amide bonds. The van der Waals surface area contributed by atoms with Crippen molar-refractivity contribution in [2.24, 2.45) is 4.99 Å². The van der Waals surface area contributed by atoms with Gasteiger partial charge in [0.05, 0.1) is 16.9 Å². The van der Waals surface area contributed by atoms with Gasteiger partial charge in [-0.15, -0.1) is 11.3 Å². The number of aliphatic imine (C=N–C) groups is 1. The van der Waals surface area contributed by atoms with Gasteiger partial charge in [-0.2, -0.15) is 0 Å². The largest absolute Gasteiger partial charge is 0.394 e. The van der Waals surface area contributed by atoms with Gasteiger partial charge < -0.3 is 20.2 Å². The van der Waals surface area contributed by atoms with E-state index < -0.39 is 0 Å². The molecule has 0 bridgehead atoms. The number of thiophene rings is 1. The summed E-state index contributed by atoms with van der Waals surface area (Å²) >= 11 is 1.81. The van der Waals surface area contributed by atoms with Crippen LogP contribution in [0.3, 0.4) is 0 Å². The van der Waals surface area contributed by atoms with Gasteiger partial charge in [0.25, 0.3) is 0 Å². The fourth-order valence-corrected chi connectivity index (χ4v) is 3.93. The molecule has 5 nitrogen and oxygen atoms in total. The van der Waals surface area contributed by atoms with Crippen molar-refractivity contribution in [2.75, 3.05) is 38.5 Å². The Morgan fingerprint density at radius 1 is 1.15 bits per heavy atom. The lowest BCUT2D eigenvalue weighted by atomic mass is 10.2. The Hall–Kier alpha value is -1.89. The molecule has 2 aliphatic rings. The average Bonchev–Trinajstić information content (AvgIpc) is 2.87. The number of nitrogens with zero attached hydrogens (tertiary/aromatic N) is 3. The Labute approximate surface area is 160 Å². The van der Waals surface area contributed by atoms with E-state index in [0.717, 1.165) is 43.4 Å². The molecule has 3 heterocycles. The number of hydrogen-bond donors (Lipinski definition) is 2. The zero-order chi connectivity index (χ0) is 18.7. The second-order valence-electron chi connectivity index (χ2n) is 7.06. The molecule has 0 saturated carbocycles. The first-order chi connectivity index (χ1) is 12.4. The highest BCUT2D eigenvalue weighted by atomic mass is 32.1. The van der Waals surface area contributed by atoms with Crippen molar-refractivity contribution >= 4 is 33.5 Å². The minimum atomic E-state index is -0.167. The lowest BCUT2D eigenvalue weighted by Gasteiger charge is -2.34. The summed E-state index contributed by atoms with van der Waals surface area (Å²) in [4.78, 5) is 11.1. The number of para-hydroxylation sites is 2. The SMILES string of the molecule is CC(C)O.Cc1cc2c(s1)Nc1ccccc1N=C2N1CCN(C)CC1. The summed E-state index contributed by atoms with van der Waals surface area (Å²) in [5.74, 6) is 1.12. The molecule has 2 N–H and O–H groups in total. The van der Waals surface area contributed by atoms with Gasteiger partial charge in [-0.3, -0.25) is 0 Å². The van der Waals surface area contributed by atoms with Gasteiger partial charge in [0.1, 0.15) is 10.8 Å². The minimum Gasteiger partial charge on any atom is -0.394 e. The lowest BCUT2D eigenvalue weighted by molar-refractivity contribution is 0.216. The quantitative estimate of drug-likeness (QED) is 0.738. The monoisotopic (exact) mass is 372 g/mol. The fourth-order valence-electron chi connectivity index (χ4n) is 3.01. The number of likely N-dealkylation sites (N-methyl/N-ethyl adjacent to an activating group) is 1. The van der Waals surface area contributed by atoms with Crippen molar-refractivity contribution in [1.29, 1.82) is 0 Å². The van der Waals surface area contributed by atoms with Crippen LogP contribution in [-0.4, -0.2) is 60.1 Å². The zero-order valence-electron chi connectivity index (χ0n) is 16.0. The maximum Gasteiger partial charge on any atom is 0.139 e. The molecule has 0 spiro atoms. The van der Waals surface area contributed by atoms with E-state index in [0.29, 0.717) is 0 Å². The average molecular weight is 373 g/mol. The third-order valence-electron chi connectivity index (χ3n) is 4.28. The molecule has 0 unspecified atom stereocenters. The van der Waals surface area contributed by atoms with Crippen LogP contribution >= 0.6 is 11.3 Å². The topological polar surface area (TPSA) is 51.1 Å². The smallest absolute Gasteiger partial charge is 0.139 e. The van der Waals surface area contributed by atoms with Gasteiger partial charge in [-0.1, -0.05) is 12.1 Å². The van der Waals surface area contributed by atoms with E-state index in [1.807, 2.05) is 0 Å². The molecule has 1 aromatic carbocycles. The summed E-state index contributed by atoms with van der Waals surface area (Å²) in [5.41, 5.74) is 3.36. The molecule has 0 aliphatic carbocycles. The molecule has 4 rings (SSSR count). The Morgan fingerprint density at radius 2 is 1.81 bits per heavy atom. The summed E-state index contributed by atoms with van der Waals surface area (Å²) in [5, 5.41) is 12.8. The molecule has 0 radical (unpaired) electrons. The second-order valence-corrected chi connectivity index (χ2v) is 8.32. The van der Waals surface area contributed by atoms with Crippen LogP contribution in [0.4, 0.5) is 16.4 Å². The molecule has 1 aromatic heterocycles. The number of piperazine rings is 1. The molecule has 1 saturated heterocycles. The van der Waals surface area contributed by atoms with Gasteiger partial charge >= 0.3 is 0 Å². The van der Waals surface area contributed by atoms with Crippen molar-refractivity contribution in [3.8, 4) is 0 Å². The number of hydrogen-bond acceptors (Lipinski definition) is 6. The highest BCUT2D eigenvalue weighted by Gasteiger charge is 2.25. The van der Waals surface area contributed by atoms with Gasteiger partial charge in [-0.05, 0) is 46.0 Å². The number of benzene rings is 1. The standard InChI is InChI=1S/C17H20N4S.C3H8O/c1-12-11-13-16(21-9-7-20(2)8-10-21)18-14-5-3-4-6-15(14)19-17(13)22-12;1-3(2)4/h3-6,11,19H,7-10H2,1-2H3;3-4H,1-2H3. The first-order valence-electron chi connectivity index (χ1n) is 9.11. The van der Waals surface area contributed by atoms with E-state index >= 15 is 0 Å². The normalized spacial score (nSPS) is 16.7. The Bertz CT molecular complexity index is 773. The van der Waals surface area contributed by atoms with Crippen molar-refractivity contribution in [3.05, 3.63) is 40.8 Å². The van der Waals surface area contributed by atoms with Crippen molar-refractivity contribution in [3.63, 3.8) is 0 Å². The van der Waals surface area contributed by atoms with Crippen molar-refractivity contribution < 1.29 is 5.11 Å². The van der Waals surface area contributed by atoms with Gasteiger partial charge in [0.15, 0.2) is 0 Å². The van der Waals surface area contributed by atoms with Crippen molar-refractivity contribution in [2.45, 2.75) is 26.9 Å². The first kappa shape index (κ1) is 18.9. The summed E-state index contributed by atoms with van der Waals surface area (Å²) < 4.78 is 0. The molecule has 140 valence electrons. The van der Waals surface area contributed by atoms with Gasteiger partial charge in [-0.25, -0.2) is 4.99 Å². The van der Waals surface area contributed by atoms with E-state index in [2.05, 4.69) is 59.4 Å². The molecule has 1 fully saturated rings. The molecule has 6 heteroatoms. The maximum absolute atomic E-state index is 8.06. The van der Waals surface area contributed by atoms with E-state index in [1.165, 1.54) is 15.4 Å². The minimum absolute atomic E-state index is 0.167. The molecule has 26 heavy (non-hydrogen) atoms. The number of fused-ring (bicyclic) bond motifs is 2. The molecule has 2 aromatic rings. The number of aliphatic hydroxyl groups is 1. The third-order valence-corrected chi connectivity index (χ3v) is 5.24. The van der Waals surface area contributed by atoms with Crippen LogP contribution < -0.4 is 5.32 Å². The predicted molar refractivity (Wildman–Crippen MR) is 111 cm³/mol. The lowest BCUT2D eigenvalue weighted by Crippen LogP contribution is -2.47. The number of aryl methyl sites for hydroxylation is 1. The molecule has 0 atom stereocenters. The van der Waals surface area contributed by atoms with Gasteiger partial charge in [0, 0.05) is 37.2 Å². The summed E-state index contributed by atoms with van der Waals surface area (Å²) in [6.45, 7) is 9.85. The van der Waals surface area contributed by atoms with Crippen LogP contribution in [0.1, 0.15) is 24.3 Å². The number of amidine groups is 1. The van der Waals surface area contributed by atoms with Crippen LogP contribution in [0.15, 0.2) is 35.3 Å². The van der Waals surface area contributed by atoms with Crippen LogP contribution in [0.25, 0.3) is 0 Å². The van der Waals surface area contributed by atoms with Gasteiger partial charge in [0.2, 0.25) is 0 Å². The van der Waals surface area contributed by atoms with E-state index in [9.17, 15) is 0 Å². The molecular weight excluding hydrogens is 344 g/mol. The summed E-state index contributed by atoms with van der Waals surface area (Å²) in [7, 11) is 2.18. The summed E-state index contributed by atoms with van der Waals surface area (Å²) in [6.07, 6.45) is -0.167. The zero-order valence-corrected chi connectivity index (χ0v) is 16.8. The van der Waals surface area contributed by atoms with Crippen LogP contribution in [0.5, 0.6) is 0 Å². The molecular formula is C20H28N4OS.